The van der Waals surface area contributed by atoms with Gasteiger partial charge in [-0.2, -0.15) is 0 Å². The summed E-state index contributed by atoms with van der Waals surface area (Å²) in [5.74, 6) is -0.905. The lowest BCUT2D eigenvalue weighted by molar-refractivity contribution is -0.115. The normalized spacial score (nSPS) is 11.6. The average Bonchev–Trinajstić information content (AvgIpc) is 2.49. The summed E-state index contributed by atoms with van der Waals surface area (Å²) in [4.78, 5) is 23.4. The highest BCUT2D eigenvalue weighted by Gasteiger charge is 2.11. The Morgan fingerprint density at radius 1 is 1.05 bits per heavy atom. The van der Waals surface area contributed by atoms with Crippen LogP contribution in [0.5, 0.6) is 0 Å². The standard InChI is InChI=1S/C16H14BrFN2O2/c1-10(17)15(21)20-14-4-2-3-11(9-14)16(22)19-13-7-5-12(18)6-8-13/h2-10H,1H3,(H,19,22)(H,20,21). The van der Waals surface area contributed by atoms with Crippen LogP contribution in [0.15, 0.2) is 48.5 Å². The number of carbonyl (C=O) groups is 2. The zero-order valence-corrected chi connectivity index (χ0v) is 13.4. The Balaban J connectivity index is 2.09. The molecule has 2 N–H and O–H groups in total. The second-order valence-corrected chi connectivity index (χ2v) is 6.02. The second kappa shape index (κ2) is 7.17. The van der Waals surface area contributed by atoms with Crippen LogP contribution in [-0.2, 0) is 4.79 Å². The van der Waals surface area contributed by atoms with Crippen molar-refractivity contribution in [1.29, 1.82) is 0 Å². The lowest BCUT2D eigenvalue weighted by Crippen LogP contribution is -2.20. The van der Waals surface area contributed by atoms with Crippen LogP contribution in [0.3, 0.4) is 0 Å². The third kappa shape index (κ3) is 4.39. The number of nitrogens with one attached hydrogen (secondary N) is 2. The van der Waals surface area contributed by atoms with Crippen LogP contribution in [0.4, 0.5) is 15.8 Å². The minimum Gasteiger partial charge on any atom is -0.325 e. The van der Waals surface area contributed by atoms with Crippen molar-refractivity contribution in [2.75, 3.05) is 10.6 Å². The maximum atomic E-state index is 12.8. The highest BCUT2D eigenvalue weighted by Crippen LogP contribution is 2.15. The molecule has 2 amide bonds. The highest BCUT2D eigenvalue weighted by atomic mass is 79.9. The minimum atomic E-state index is -0.369. The molecule has 1 unspecified atom stereocenters. The van der Waals surface area contributed by atoms with Gasteiger partial charge in [0, 0.05) is 16.9 Å². The Morgan fingerprint density at radius 2 is 1.73 bits per heavy atom. The molecule has 0 aliphatic carbocycles. The lowest BCUT2D eigenvalue weighted by Gasteiger charge is -2.09. The van der Waals surface area contributed by atoms with Crippen LogP contribution in [0.1, 0.15) is 17.3 Å². The molecule has 0 heterocycles. The van der Waals surface area contributed by atoms with E-state index in [2.05, 4.69) is 26.6 Å². The fourth-order valence-electron chi connectivity index (χ4n) is 1.72. The van der Waals surface area contributed by atoms with Gasteiger partial charge in [-0.3, -0.25) is 9.59 Å². The van der Waals surface area contributed by atoms with Gasteiger partial charge in [0.1, 0.15) is 5.82 Å². The van der Waals surface area contributed by atoms with E-state index in [-0.39, 0.29) is 22.5 Å². The number of benzene rings is 2. The molecule has 0 aliphatic rings. The van der Waals surface area contributed by atoms with Crippen LogP contribution >= 0.6 is 15.9 Å². The van der Waals surface area contributed by atoms with E-state index in [0.29, 0.717) is 16.9 Å². The number of hydrogen-bond donors (Lipinski definition) is 2. The van der Waals surface area contributed by atoms with Gasteiger partial charge in [-0.05, 0) is 49.4 Å². The Morgan fingerprint density at radius 3 is 2.36 bits per heavy atom. The summed E-state index contributed by atoms with van der Waals surface area (Å²) < 4.78 is 12.8. The summed E-state index contributed by atoms with van der Waals surface area (Å²) in [6, 6.07) is 12.1. The number of anilines is 2. The average molecular weight is 365 g/mol. The molecule has 4 nitrogen and oxygen atoms in total. The van der Waals surface area contributed by atoms with Crippen molar-refractivity contribution in [1.82, 2.24) is 0 Å². The number of carbonyl (C=O) groups excluding carboxylic acids is 2. The second-order valence-electron chi connectivity index (χ2n) is 4.65. The summed E-state index contributed by atoms with van der Waals surface area (Å²) >= 11 is 3.17. The van der Waals surface area contributed by atoms with E-state index in [0.717, 1.165) is 0 Å². The Bertz CT molecular complexity index is 687. The lowest BCUT2D eigenvalue weighted by atomic mass is 10.1. The molecule has 6 heteroatoms. The van der Waals surface area contributed by atoms with Crippen LogP contribution in [-0.4, -0.2) is 16.6 Å². The highest BCUT2D eigenvalue weighted by molar-refractivity contribution is 9.10. The first-order chi connectivity index (χ1) is 10.5. The van der Waals surface area contributed by atoms with Gasteiger partial charge < -0.3 is 10.6 Å². The SMILES string of the molecule is CC(Br)C(=O)Nc1cccc(C(=O)Nc2ccc(F)cc2)c1. The van der Waals surface area contributed by atoms with Crippen molar-refractivity contribution in [2.45, 2.75) is 11.8 Å². The molecule has 0 fully saturated rings. The summed E-state index contributed by atoms with van der Waals surface area (Å²) in [7, 11) is 0. The van der Waals surface area contributed by atoms with E-state index in [1.54, 1.807) is 31.2 Å². The Labute approximate surface area is 135 Å². The molecule has 0 spiro atoms. The quantitative estimate of drug-likeness (QED) is 0.810. The topological polar surface area (TPSA) is 58.2 Å². The fraction of sp³-hybridized carbons (Fsp3) is 0.125. The number of hydrogen-bond acceptors (Lipinski definition) is 2. The summed E-state index contributed by atoms with van der Waals surface area (Å²) in [6.07, 6.45) is 0. The first-order valence-electron chi connectivity index (χ1n) is 6.57. The van der Waals surface area contributed by atoms with Gasteiger partial charge in [0.15, 0.2) is 0 Å². The van der Waals surface area contributed by atoms with E-state index < -0.39 is 0 Å². The third-order valence-electron chi connectivity index (χ3n) is 2.86. The number of amides is 2. The fourth-order valence-corrected chi connectivity index (χ4v) is 1.83. The molecule has 2 aromatic carbocycles. The molecule has 0 aromatic heterocycles. The smallest absolute Gasteiger partial charge is 0.255 e. The predicted molar refractivity (Wildman–Crippen MR) is 87.8 cm³/mol. The number of alkyl halides is 1. The number of halogens is 2. The third-order valence-corrected chi connectivity index (χ3v) is 3.27. The first-order valence-corrected chi connectivity index (χ1v) is 7.49. The van der Waals surface area contributed by atoms with Crippen LogP contribution < -0.4 is 10.6 Å². The van der Waals surface area contributed by atoms with Crippen LogP contribution in [0.2, 0.25) is 0 Å². The monoisotopic (exact) mass is 364 g/mol. The molecule has 0 bridgehead atoms. The van der Waals surface area contributed by atoms with Gasteiger partial charge in [-0.1, -0.05) is 22.0 Å². The molecule has 22 heavy (non-hydrogen) atoms. The van der Waals surface area contributed by atoms with Gasteiger partial charge >= 0.3 is 0 Å². The van der Waals surface area contributed by atoms with Gasteiger partial charge in [0.25, 0.3) is 5.91 Å². The minimum absolute atomic E-state index is 0.198. The summed E-state index contributed by atoms with van der Waals surface area (Å²) in [6.45, 7) is 1.71. The van der Waals surface area contributed by atoms with Gasteiger partial charge in [-0.25, -0.2) is 4.39 Å². The van der Waals surface area contributed by atoms with E-state index in [1.165, 1.54) is 24.3 Å². The van der Waals surface area contributed by atoms with Crippen molar-refractivity contribution in [3.63, 3.8) is 0 Å². The van der Waals surface area contributed by atoms with E-state index in [9.17, 15) is 14.0 Å². The van der Waals surface area contributed by atoms with Crippen molar-refractivity contribution in [3.05, 3.63) is 59.9 Å². The van der Waals surface area contributed by atoms with E-state index in [1.807, 2.05) is 0 Å². The molecule has 0 saturated heterocycles. The van der Waals surface area contributed by atoms with Gasteiger partial charge in [0.05, 0.1) is 4.83 Å². The van der Waals surface area contributed by atoms with Crippen molar-refractivity contribution < 1.29 is 14.0 Å². The number of rotatable bonds is 4. The molecule has 0 radical (unpaired) electrons. The van der Waals surface area contributed by atoms with Gasteiger partial charge in [-0.15, -0.1) is 0 Å². The maximum absolute atomic E-state index is 12.8. The predicted octanol–water partition coefficient (Wildman–Crippen LogP) is 3.80. The summed E-state index contributed by atoms with van der Waals surface area (Å²) in [5.41, 5.74) is 1.42. The molecule has 1 atom stereocenters. The van der Waals surface area contributed by atoms with E-state index >= 15 is 0 Å². The molecular weight excluding hydrogens is 351 g/mol. The summed E-state index contributed by atoms with van der Waals surface area (Å²) in [5, 5.41) is 5.35. The molecule has 114 valence electrons. The zero-order valence-electron chi connectivity index (χ0n) is 11.8. The van der Waals surface area contributed by atoms with E-state index in [4.69, 9.17) is 0 Å². The van der Waals surface area contributed by atoms with Crippen molar-refractivity contribution >= 4 is 39.1 Å². The largest absolute Gasteiger partial charge is 0.325 e. The molecule has 2 rings (SSSR count). The zero-order chi connectivity index (χ0) is 16.1. The molecule has 0 aliphatic heterocycles. The van der Waals surface area contributed by atoms with Crippen molar-refractivity contribution in [3.8, 4) is 0 Å². The Hall–Kier alpha value is -2.21. The van der Waals surface area contributed by atoms with Crippen LogP contribution in [0, 0.1) is 5.82 Å². The van der Waals surface area contributed by atoms with Gasteiger partial charge in [0.2, 0.25) is 5.91 Å². The maximum Gasteiger partial charge on any atom is 0.255 e. The molecule has 2 aromatic rings. The molecule has 0 saturated carbocycles. The first kappa shape index (κ1) is 16.2. The van der Waals surface area contributed by atoms with Crippen LogP contribution in [0.25, 0.3) is 0 Å². The van der Waals surface area contributed by atoms with Crippen molar-refractivity contribution in [2.24, 2.45) is 0 Å². The Kier molecular flexibility index (Phi) is 5.27. The molecular formula is C16H14BrFN2O2.